The number of guanidine groups is 1. The zero-order valence-corrected chi connectivity index (χ0v) is 14.7. The number of nitrogens with zero attached hydrogens (tertiary/aromatic N) is 2. The fourth-order valence-electron chi connectivity index (χ4n) is 2.56. The molecule has 1 saturated heterocycles. The number of hydrogen-bond acceptors (Lipinski definition) is 4. The summed E-state index contributed by atoms with van der Waals surface area (Å²) in [6.45, 7) is 6.37. The van der Waals surface area contributed by atoms with Gasteiger partial charge in [-0.1, -0.05) is 30.3 Å². The van der Waals surface area contributed by atoms with Crippen molar-refractivity contribution in [1.29, 1.82) is 0 Å². The van der Waals surface area contributed by atoms with Crippen molar-refractivity contribution in [2.75, 3.05) is 45.9 Å². The highest BCUT2D eigenvalue weighted by atomic mass is 16.5. The molecule has 1 aromatic rings. The molecule has 1 amide bonds. The van der Waals surface area contributed by atoms with E-state index in [1.807, 2.05) is 30.3 Å². The van der Waals surface area contributed by atoms with Crippen molar-refractivity contribution in [2.24, 2.45) is 10.7 Å². The van der Waals surface area contributed by atoms with E-state index in [9.17, 15) is 4.79 Å². The molecule has 0 saturated carbocycles. The number of morpholine rings is 1. The van der Waals surface area contributed by atoms with Crippen molar-refractivity contribution in [1.82, 2.24) is 15.5 Å². The molecule has 1 aliphatic rings. The molecule has 0 bridgehead atoms. The number of carbonyl (C=O) groups is 1. The van der Waals surface area contributed by atoms with Gasteiger partial charge in [-0.05, 0) is 12.0 Å². The molecule has 0 atom stereocenters. The summed E-state index contributed by atoms with van der Waals surface area (Å²) in [5.41, 5.74) is 6.91. The summed E-state index contributed by atoms with van der Waals surface area (Å²) in [4.78, 5) is 18.5. The highest BCUT2D eigenvalue weighted by Crippen LogP contribution is 1.98. The lowest BCUT2D eigenvalue weighted by Gasteiger charge is -2.26. The van der Waals surface area contributed by atoms with Gasteiger partial charge in [0, 0.05) is 45.7 Å². The number of nitrogens with two attached hydrogens (primary N) is 1. The molecular formula is C18H29N5O2. The molecule has 1 fully saturated rings. The Balaban J connectivity index is 1.50. The van der Waals surface area contributed by atoms with Crippen LogP contribution in [0.5, 0.6) is 0 Å². The monoisotopic (exact) mass is 347 g/mol. The Labute approximate surface area is 149 Å². The van der Waals surface area contributed by atoms with Crippen LogP contribution in [0.15, 0.2) is 35.3 Å². The van der Waals surface area contributed by atoms with Crippen molar-refractivity contribution in [3.8, 4) is 0 Å². The lowest BCUT2D eigenvalue weighted by molar-refractivity contribution is -0.121. The van der Waals surface area contributed by atoms with Gasteiger partial charge in [0.15, 0.2) is 5.96 Å². The number of hydrogen-bond donors (Lipinski definition) is 3. The largest absolute Gasteiger partial charge is 0.379 e. The molecule has 0 unspecified atom stereocenters. The van der Waals surface area contributed by atoms with Crippen LogP contribution in [0.3, 0.4) is 0 Å². The van der Waals surface area contributed by atoms with Crippen LogP contribution in [0.25, 0.3) is 0 Å². The van der Waals surface area contributed by atoms with Gasteiger partial charge in [-0.25, -0.2) is 0 Å². The van der Waals surface area contributed by atoms with Gasteiger partial charge >= 0.3 is 0 Å². The van der Waals surface area contributed by atoms with Crippen LogP contribution in [0, 0.1) is 0 Å². The van der Waals surface area contributed by atoms with E-state index >= 15 is 0 Å². The maximum atomic E-state index is 11.8. The minimum absolute atomic E-state index is 0.00327. The van der Waals surface area contributed by atoms with Gasteiger partial charge in [0.2, 0.25) is 5.91 Å². The maximum absolute atomic E-state index is 11.8. The lowest BCUT2D eigenvalue weighted by atomic mass is 10.2. The average molecular weight is 347 g/mol. The van der Waals surface area contributed by atoms with Gasteiger partial charge < -0.3 is 21.1 Å². The quantitative estimate of drug-likeness (QED) is 0.340. The molecule has 1 aliphatic heterocycles. The Morgan fingerprint density at radius 3 is 2.72 bits per heavy atom. The van der Waals surface area contributed by atoms with E-state index < -0.39 is 0 Å². The van der Waals surface area contributed by atoms with Crippen molar-refractivity contribution < 1.29 is 9.53 Å². The fourth-order valence-corrected chi connectivity index (χ4v) is 2.56. The number of benzene rings is 1. The molecule has 4 N–H and O–H groups in total. The SMILES string of the molecule is NC(=NCCCN1CCOCC1)NCCC(=O)NCc1ccccc1. The Bertz CT molecular complexity index is 530. The molecule has 0 spiro atoms. The molecule has 0 aromatic heterocycles. The molecule has 25 heavy (non-hydrogen) atoms. The predicted molar refractivity (Wildman–Crippen MR) is 99.3 cm³/mol. The molecule has 7 nitrogen and oxygen atoms in total. The summed E-state index contributed by atoms with van der Waals surface area (Å²) in [5, 5.41) is 5.87. The highest BCUT2D eigenvalue weighted by molar-refractivity contribution is 5.79. The van der Waals surface area contributed by atoms with Crippen LogP contribution in [0.4, 0.5) is 0 Å². The predicted octanol–water partition coefficient (Wildman–Crippen LogP) is 0.320. The van der Waals surface area contributed by atoms with Crippen LogP contribution >= 0.6 is 0 Å². The number of aliphatic imine (C=N–C) groups is 1. The summed E-state index contributed by atoms with van der Waals surface area (Å²) < 4.78 is 5.32. The second-order valence-electron chi connectivity index (χ2n) is 6.01. The summed E-state index contributed by atoms with van der Waals surface area (Å²) in [6.07, 6.45) is 1.34. The van der Waals surface area contributed by atoms with Gasteiger partial charge in [-0.2, -0.15) is 0 Å². The van der Waals surface area contributed by atoms with Gasteiger partial charge in [-0.15, -0.1) is 0 Å². The Morgan fingerprint density at radius 2 is 1.96 bits per heavy atom. The zero-order valence-electron chi connectivity index (χ0n) is 14.7. The third kappa shape index (κ3) is 8.51. The van der Waals surface area contributed by atoms with Crippen LogP contribution < -0.4 is 16.4 Å². The summed E-state index contributed by atoms with van der Waals surface area (Å²) >= 11 is 0. The second-order valence-corrected chi connectivity index (χ2v) is 6.01. The minimum Gasteiger partial charge on any atom is -0.379 e. The molecule has 1 heterocycles. The van der Waals surface area contributed by atoms with Crippen LogP contribution in [0.2, 0.25) is 0 Å². The van der Waals surface area contributed by atoms with Crippen molar-refractivity contribution in [3.05, 3.63) is 35.9 Å². The van der Waals surface area contributed by atoms with E-state index in [1.54, 1.807) is 0 Å². The Kier molecular flexibility index (Phi) is 8.79. The Morgan fingerprint density at radius 1 is 1.20 bits per heavy atom. The lowest BCUT2D eigenvalue weighted by Crippen LogP contribution is -2.37. The molecule has 0 aliphatic carbocycles. The van der Waals surface area contributed by atoms with Gasteiger partial charge in [0.1, 0.15) is 0 Å². The second kappa shape index (κ2) is 11.4. The first-order chi connectivity index (χ1) is 12.2. The first-order valence-electron chi connectivity index (χ1n) is 8.88. The van der Waals surface area contributed by atoms with Gasteiger partial charge in [-0.3, -0.25) is 14.7 Å². The van der Waals surface area contributed by atoms with E-state index in [0.717, 1.165) is 44.8 Å². The fraction of sp³-hybridized carbons (Fsp3) is 0.556. The highest BCUT2D eigenvalue weighted by Gasteiger charge is 2.08. The Hall–Kier alpha value is -2.12. The first kappa shape index (κ1) is 19.2. The standard InChI is InChI=1S/C18H29N5O2/c19-18(20-8-4-10-23-11-13-25-14-12-23)21-9-7-17(24)22-15-16-5-2-1-3-6-16/h1-3,5-6H,4,7-15H2,(H,22,24)(H3,19,20,21). The summed E-state index contributed by atoms with van der Waals surface area (Å²) in [6, 6.07) is 9.84. The van der Waals surface area contributed by atoms with E-state index in [-0.39, 0.29) is 5.91 Å². The number of ether oxygens (including phenoxy) is 1. The zero-order chi connectivity index (χ0) is 17.7. The normalized spacial score (nSPS) is 15.8. The van der Waals surface area contributed by atoms with E-state index in [1.165, 1.54) is 0 Å². The number of amides is 1. The maximum Gasteiger partial charge on any atom is 0.222 e. The third-order valence-electron chi connectivity index (χ3n) is 4.01. The van der Waals surface area contributed by atoms with Gasteiger partial charge in [0.05, 0.1) is 13.2 Å². The summed E-state index contributed by atoms with van der Waals surface area (Å²) in [7, 11) is 0. The minimum atomic E-state index is -0.00327. The first-order valence-corrected chi connectivity index (χ1v) is 8.88. The molecule has 138 valence electrons. The number of rotatable bonds is 9. The smallest absolute Gasteiger partial charge is 0.222 e. The van der Waals surface area contributed by atoms with E-state index in [4.69, 9.17) is 10.5 Å². The van der Waals surface area contributed by atoms with Crippen LogP contribution in [0.1, 0.15) is 18.4 Å². The topological polar surface area (TPSA) is 92.0 Å². The molecule has 7 heteroatoms. The van der Waals surface area contributed by atoms with Crippen molar-refractivity contribution in [2.45, 2.75) is 19.4 Å². The van der Waals surface area contributed by atoms with E-state index in [2.05, 4.69) is 20.5 Å². The summed E-state index contributed by atoms with van der Waals surface area (Å²) in [5.74, 6) is 0.398. The van der Waals surface area contributed by atoms with Crippen LogP contribution in [-0.2, 0) is 16.1 Å². The third-order valence-corrected chi connectivity index (χ3v) is 4.01. The number of nitrogens with one attached hydrogen (secondary N) is 2. The van der Waals surface area contributed by atoms with E-state index in [0.29, 0.717) is 32.0 Å². The van der Waals surface area contributed by atoms with Crippen LogP contribution in [-0.4, -0.2) is 62.7 Å². The number of carbonyl (C=O) groups excluding carboxylic acids is 1. The van der Waals surface area contributed by atoms with Crippen molar-refractivity contribution >= 4 is 11.9 Å². The molecule has 1 aromatic carbocycles. The molecule has 2 rings (SSSR count). The molecule has 0 radical (unpaired) electrons. The van der Waals surface area contributed by atoms with Gasteiger partial charge in [0.25, 0.3) is 0 Å². The molecular weight excluding hydrogens is 318 g/mol. The van der Waals surface area contributed by atoms with Crippen molar-refractivity contribution in [3.63, 3.8) is 0 Å². The average Bonchev–Trinajstić information content (AvgIpc) is 2.65.